The van der Waals surface area contributed by atoms with Crippen LogP contribution in [0.3, 0.4) is 0 Å². The molecule has 0 aliphatic rings. The topological polar surface area (TPSA) is 29.5 Å². The summed E-state index contributed by atoms with van der Waals surface area (Å²) in [5.41, 5.74) is 0. The van der Waals surface area contributed by atoms with Gasteiger partial charge < -0.3 is 9.42 Å². The lowest BCUT2D eigenvalue weighted by molar-refractivity contribution is 0.303. The molecular formula is C12H19O2PS. The van der Waals surface area contributed by atoms with Crippen molar-refractivity contribution in [2.45, 2.75) is 32.6 Å². The number of rotatable bonds is 7. The lowest BCUT2D eigenvalue weighted by Crippen LogP contribution is -2.06. The molecule has 0 bridgehead atoms. The van der Waals surface area contributed by atoms with Gasteiger partial charge in [0.1, 0.15) is 0 Å². The molecule has 2 nitrogen and oxygen atoms in total. The van der Waals surface area contributed by atoms with Crippen molar-refractivity contribution in [3.8, 4) is 0 Å². The maximum Gasteiger partial charge on any atom is 0.216 e. The zero-order chi connectivity index (χ0) is 11.9. The molecule has 0 aliphatic carbocycles. The molecule has 0 radical (unpaired) electrons. The van der Waals surface area contributed by atoms with Crippen molar-refractivity contribution in [2.24, 2.45) is 0 Å². The smallest absolute Gasteiger partial charge is 0.216 e. The molecule has 90 valence electrons. The Kier molecular flexibility index (Phi) is 6.22. The van der Waals surface area contributed by atoms with Gasteiger partial charge in [0, 0.05) is 5.30 Å². The Bertz CT molecular complexity index is 340. The normalized spacial score (nSPS) is 14.6. The highest BCUT2D eigenvalue weighted by atomic mass is 32.5. The van der Waals surface area contributed by atoms with E-state index in [1.807, 2.05) is 30.3 Å². The van der Waals surface area contributed by atoms with Crippen LogP contribution in [0.4, 0.5) is 0 Å². The Morgan fingerprint density at radius 3 is 2.50 bits per heavy atom. The van der Waals surface area contributed by atoms with E-state index in [0.717, 1.165) is 18.1 Å². The maximum absolute atomic E-state index is 10.0. The summed E-state index contributed by atoms with van der Waals surface area (Å²) < 4.78 is 5.44. The zero-order valence-corrected chi connectivity index (χ0v) is 11.3. The van der Waals surface area contributed by atoms with Gasteiger partial charge in [0.2, 0.25) is 6.49 Å². The number of benzene rings is 1. The van der Waals surface area contributed by atoms with E-state index in [1.54, 1.807) is 0 Å². The van der Waals surface area contributed by atoms with Gasteiger partial charge in [-0.15, -0.1) is 0 Å². The summed E-state index contributed by atoms with van der Waals surface area (Å²) in [5.74, 6) is 0. The number of hydrogen-bond donors (Lipinski definition) is 1. The van der Waals surface area contributed by atoms with E-state index in [2.05, 4.69) is 6.92 Å². The maximum atomic E-state index is 10.0. The largest absolute Gasteiger partial charge is 0.342 e. The molecule has 0 saturated heterocycles. The molecule has 1 N–H and O–H groups in total. The molecule has 1 unspecified atom stereocenters. The van der Waals surface area contributed by atoms with Gasteiger partial charge in [-0.3, -0.25) is 0 Å². The summed E-state index contributed by atoms with van der Waals surface area (Å²) in [7, 11) is 0. The highest BCUT2D eigenvalue weighted by molar-refractivity contribution is 8.13. The molecule has 0 spiro atoms. The van der Waals surface area contributed by atoms with Crippen LogP contribution < -0.4 is 5.30 Å². The van der Waals surface area contributed by atoms with Gasteiger partial charge in [0.25, 0.3) is 0 Å². The molecule has 0 aliphatic heterocycles. The van der Waals surface area contributed by atoms with E-state index in [-0.39, 0.29) is 0 Å². The second-order valence-corrected chi connectivity index (χ2v) is 7.05. The zero-order valence-electron chi connectivity index (χ0n) is 9.63. The van der Waals surface area contributed by atoms with Crippen LogP contribution in [0.15, 0.2) is 30.3 Å². The fourth-order valence-corrected chi connectivity index (χ4v) is 3.07. The third-order valence-electron chi connectivity index (χ3n) is 2.35. The summed E-state index contributed by atoms with van der Waals surface area (Å²) >= 11 is 5.13. The van der Waals surface area contributed by atoms with Crippen LogP contribution in [0.5, 0.6) is 0 Å². The lowest BCUT2D eigenvalue weighted by atomic mass is 10.2. The summed E-state index contributed by atoms with van der Waals surface area (Å²) in [6, 6.07) is 9.29. The van der Waals surface area contributed by atoms with Gasteiger partial charge in [0.05, 0.1) is 6.61 Å². The Morgan fingerprint density at radius 1 is 1.19 bits per heavy atom. The van der Waals surface area contributed by atoms with E-state index in [9.17, 15) is 4.89 Å². The fraction of sp³-hybridized carbons (Fsp3) is 0.500. The van der Waals surface area contributed by atoms with Crippen molar-refractivity contribution in [3.05, 3.63) is 30.3 Å². The van der Waals surface area contributed by atoms with E-state index in [0.29, 0.717) is 6.61 Å². The van der Waals surface area contributed by atoms with Crippen LogP contribution in [-0.4, -0.2) is 11.5 Å². The van der Waals surface area contributed by atoms with E-state index in [4.69, 9.17) is 16.3 Å². The molecule has 4 heteroatoms. The average Bonchev–Trinajstić information content (AvgIpc) is 2.30. The molecule has 0 aromatic heterocycles. The third kappa shape index (κ3) is 4.75. The van der Waals surface area contributed by atoms with Crippen molar-refractivity contribution in [3.63, 3.8) is 0 Å². The molecule has 0 fully saturated rings. The molecule has 0 heterocycles. The van der Waals surface area contributed by atoms with Crippen LogP contribution in [-0.2, 0) is 16.3 Å². The first-order valence-corrected chi connectivity index (χ1v) is 8.37. The predicted octanol–water partition coefficient (Wildman–Crippen LogP) is 3.21. The Balaban J connectivity index is 2.38. The molecule has 1 aromatic rings. The molecule has 0 amide bonds. The lowest BCUT2D eigenvalue weighted by Gasteiger charge is -2.15. The quantitative estimate of drug-likeness (QED) is 0.601. The highest BCUT2D eigenvalue weighted by Crippen LogP contribution is 2.40. The summed E-state index contributed by atoms with van der Waals surface area (Å²) in [6.07, 6.45) is 4.52. The van der Waals surface area contributed by atoms with Crippen LogP contribution in [0.1, 0.15) is 32.6 Å². The first-order chi connectivity index (χ1) is 7.67. The van der Waals surface area contributed by atoms with Crippen LogP contribution >= 0.6 is 6.49 Å². The number of hydrogen-bond acceptors (Lipinski definition) is 2. The first kappa shape index (κ1) is 13.9. The number of unbranched alkanes of at least 4 members (excludes halogenated alkanes) is 3. The standard InChI is InChI=1S/C12H19O2PS/c1-2-3-4-8-11-14-15(13,16)12-9-6-5-7-10-12/h5-7,9-10H,2-4,8,11H2,1H3,(H,13,16). The second kappa shape index (κ2) is 7.18. The van der Waals surface area contributed by atoms with Crippen LogP contribution in [0.2, 0.25) is 0 Å². The predicted molar refractivity (Wildman–Crippen MR) is 72.7 cm³/mol. The average molecular weight is 258 g/mol. The van der Waals surface area contributed by atoms with Gasteiger partial charge in [-0.05, 0) is 30.4 Å². The van der Waals surface area contributed by atoms with Gasteiger partial charge in [0.15, 0.2) is 0 Å². The van der Waals surface area contributed by atoms with Crippen LogP contribution in [0.25, 0.3) is 0 Å². The van der Waals surface area contributed by atoms with Crippen molar-refractivity contribution < 1.29 is 9.42 Å². The first-order valence-electron chi connectivity index (χ1n) is 5.70. The third-order valence-corrected chi connectivity index (χ3v) is 4.78. The monoisotopic (exact) mass is 258 g/mol. The van der Waals surface area contributed by atoms with Crippen molar-refractivity contribution in [1.29, 1.82) is 0 Å². The Labute approximate surface area is 103 Å². The molecule has 16 heavy (non-hydrogen) atoms. The second-order valence-electron chi connectivity index (χ2n) is 3.75. The van der Waals surface area contributed by atoms with Crippen molar-refractivity contribution in [1.82, 2.24) is 0 Å². The minimum atomic E-state index is -2.76. The molecular weight excluding hydrogens is 239 g/mol. The highest BCUT2D eigenvalue weighted by Gasteiger charge is 2.15. The van der Waals surface area contributed by atoms with Crippen LogP contribution in [0, 0.1) is 0 Å². The summed E-state index contributed by atoms with van der Waals surface area (Å²) in [5, 5.41) is 0.737. The minimum absolute atomic E-state index is 0.558. The minimum Gasteiger partial charge on any atom is -0.342 e. The summed E-state index contributed by atoms with van der Waals surface area (Å²) in [6.45, 7) is -0.0341. The van der Waals surface area contributed by atoms with Gasteiger partial charge >= 0.3 is 0 Å². The van der Waals surface area contributed by atoms with Crippen molar-refractivity contribution in [2.75, 3.05) is 6.61 Å². The van der Waals surface area contributed by atoms with E-state index >= 15 is 0 Å². The van der Waals surface area contributed by atoms with Gasteiger partial charge in [-0.1, -0.05) is 44.4 Å². The summed E-state index contributed by atoms with van der Waals surface area (Å²) in [4.78, 5) is 10.0. The molecule has 1 rings (SSSR count). The van der Waals surface area contributed by atoms with E-state index < -0.39 is 6.49 Å². The van der Waals surface area contributed by atoms with E-state index in [1.165, 1.54) is 12.8 Å². The van der Waals surface area contributed by atoms with Gasteiger partial charge in [-0.2, -0.15) is 0 Å². The fourth-order valence-electron chi connectivity index (χ4n) is 1.41. The Hall–Kier alpha value is -0.210. The SMILES string of the molecule is CCCCCCOP(O)(=S)c1ccccc1. The molecule has 0 saturated carbocycles. The molecule has 1 atom stereocenters. The Morgan fingerprint density at radius 2 is 1.88 bits per heavy atom. The molecule has 1 aromatic carbocycles. The van der Waals surface area contributed by atoms with Gasteiger partial charge in [-0.25, -0.2) is 0 Å². The van der Waals surface area contributed by atoms with Crippen molar-refractivity contribution >= 4 is 23.6 Å².